The molecule has 30 heavy (non-hydrogen) atoms. The van der Waals surface area contributed by atoms with Gasteiger partial charge < -0.3 is 15.5 Å². The monoisotopic (exact) mass is 440 g/mol. The van der Waals surface area contributed by atoms with Crippen molar-refractivity contribution in [3.05, 3.63) is 95.8 Å². The summed E-state index contributed by atoms with van der Waals surface area (Å²) in [6.45, 7) is 0. The molecule has 1 amide bonds. The minimum absolute atomic E-state index is 0. The fraction of sp³-hybridized carbons (Fsp3) is 0.130. The normalized spacial score (nSPS) is 17.0. The van der Waals surface area contributed by atoms with Gasteiger partial charge in [-0.05, 0) is 29.7 Å². The number of nitrogens with two attached hydrogens (primary N) is 1. The smallest absolute Gasteiger partial charge is 0.253 e. The number of amides is 1. The molecule has 4 aromatic rings. The Labute approximate surface area is 187 Å². The maximum atomic E-state index is 12.8. The van der Waals surface area contributed by atoms with E-state index >= 15 is 0 Å². The summed E-state index contributed by atoms with van der Waals surface area (Å²) >= 11 is 0. The third-order valence-corrected chi connectivity index (χ3v) is 5.39. The van der Waals surface area contributed by atoms with Crippen LogP contribution in [-0.2, 0) is 6.42 Å². The molecule has 0 fully saturated rings. The Balaban J connectivity index is 0.00000128. The van der Waals surface area contributed by atoms with Crippen LogP contribution in [0.3, 0.4) is 0 Å². The van der Waals surface area contributed by atoms with Crippen LogP contribution in [0.25, 0.3) is 16.9 Å². The van der Waals surface area contributed by atoms with Crippen molar-refractivity contribution in [1.29, 1.82) is 0 Å². The number of benzene rings is 2. The molecule has 0 radical (unpaired) electrons. The second kappa shape index (κ2) is 8.88. The Morgan fingerprint density at radius 1 is 0.967 bits per heavy atom. The van der Waals surface area contributed by atoms with Crippen molar-refractivity contribution in [2.24, 2.45) is 5.73 Å². The zero-order chi connectivity index (χ0) is 19.1. The number of fused-ring (bicyclic) bond motifs is 2. The number of imidazole rings is 1. The molecular formula is C23H22Cl2N4O. The standard InChI is InChI=1S/C23H20N4O.2ClH/c24-22-18-9-5-4-8-16(18)12-19(22)26-23(28)17-10-11-21-25-20(14-27(21)13-17)15-6-2-1-3-7-15;;/h1-11,13-14,19,22H,12,24H2,(H,26,28);2*1H/t19-,22-;;/m0../s1. The van der Waals surface area contributed by atoms with E-state index in [0.29, 0.717) is 5.56 Å². The van der Waals surface area contributed by atoms with Gasteiger partial charge in [0, 0.05) is 18.0 Å². The van der Waals surface area contributed by atoms with E-state index in [2.05, 4.69) is 16.4 Å². The number of hydrogen-bond donors (Lipinski definition) is 2. The average molecular weight is 441 g/mol. The number of aromatic nitrogens is 2. The van der Waals surface area contributed by atoms with Crippen molar-refractivity contribution < 1.29 is 4.79 Å². The van der Waals surface area contributed by atoms with E-state index in [9.17, 15) is 4.79 Å². The molecule has 2 heterocycles. The van der Waals surface area contributed by atoms with E-state index in [1.165, 1.54) is 5.56 Å². The fourth-order valence-corrected chi connectivity index (χ4v) is 3.89. The first-order valence-corrected chi connectivity index (χ1v) is 9.37. The van der Waals surface area contributed by atoms with Gasteiger partial charge in [-0.2, -0.15) is 0 Å². The van der Waals surface area contributed by atoms with Crippen LogP contribution in [0, 0.1) is 0 Å². The summed E-state index contributed by atoms with van der Waals surface area (Å²) in [5.41, 5.74) is 12.0. The summed E-state index contributed by atoms with van der Waals surface area (Å²) in [5, 5.41) is 3.10. The summed E-state index contributed by atoms with van der Waals surface area (Å²) in [6, 6.07) is 21.5. The maximum Gasteiger partial charge on any atom is 0.253 e. The molecule has 0 saturated carbocycles. The van der Waals surface area contributed by atoms with Gasteiger partial charge in [0.2, 0.25) is 0 Å². The van der Waals surface area contributed by atoms with Crippen molar-refractivity contribution >= 4 is 36.4 Å². The van der Waals surface area contributed by atoms with Gasteiger partial charge in [-0.25, -0.2) is 4.98 Å². The summed E-state index contributed by atoms with van der Waals surface area (Å²) in [7, 11) is 0. The lowest BCUT2D eigenvalue weighted by molar-refractivity contribution is 0.0933. The molecule has 0 aliphatic heterocycles. The zero-order valence-electron chi connectivity index (χ0n) is 16.1. The number of halogens is 2. The van der Waals surface area contributed by atoms with Crippen LogP contribution in [0.5, 0.6) is 0 Å². The average Bonchev–Trinajstić information content (AvgIpc) is 3.30. The molecule has 5 rings (SSSR count). The van der Waals surface area contributed by atoms with Crippen LogP contribution in [0.15, 0.2) is 79.1 Å². The molecule has 0 spiro atoms. The van der Waals surface area contributed by atoms with Gasteiger partial charge >= 0.3 is 0 Å². The van der Waals surface area contributed by atoms with Crippen LogP contribution in [-0.4, -0.2) is 21.3 Å². The Morgan fingerprint density at radius 3 is 2.47 bits per heavy atom. The first-order chi connectivity index (χ1) is 13.7. The fourth-order valence-electron chi connectivity index (χ4n) is 3.89. The van der Waals surface area contributed by atoms with Gasteiger partial charge in [-0.1, -0.05) is 54.6 Å². The third kappa shape index (κ3) is 3.92. The highest BCUT2D eigenvalue weighted by Crippen LogP contribution is 2.29. The molecule has 0 unspecified atom stereocenters. The van der Waals surface area contributed by atoms with E-state index in [-0.39, 0.29) is 42.8 Å². The van der Waals surface area contributed by atoms with E-state index in [1.54, 1.807) is 6.07 Å². The summed E-state index contributed by atoms with van der Waals surface area (Å²) in [4.78, 5) is 17.5. The van der Waals surface area contributed by atoms with E-state index in [4.69, 9.17) is 5.73 Å². The van der Waals surface area contributed by atoms with Gasteiger partial charge in [0.25, 0.3) is 5.91 Å². The van der Waals surface area contributed by atoms with Crippen LogP contribution in [0.1, 0.15) is 27.5 Å². The predicted octanol–water partition coefficient (Wildman–Crippen LogP) is 4.20. The molecule has 2 atom stereocenters. The Kier molecular flexibility index (Phi) is 6.46. The van der Waals surface area contributed by atoms with E-state index < -0.39 is 0 Å². The maximum absolute atomic E-state index is 12.8. The highest BCUT2D eigenvalue weighted by molar-refractivity contribution is 5.94. The molecule has 3 N–H and O–H groups in total. The molecule has 1 aliphatic carbocycles. The number of nitrogens with zero attached hydrogens (tertiary/aromatic N) is 2. The van der Waals surface area contributed by atoms with Gasteiger partial charge in [0.05, 0.1) is 23.3 Å². The molecule has 0 saturated heterocycles. The van der Waals surface area contributed by atoms with Crippen molar-refractivity contribution in [1.82, 2.24) is 14.7 Å². The van der Waals surface area contributed by atoms with Crippen LogP contribution in [0.4, 0.5) is 0 Å². The second-order valence-corrected chi connectivity index (χ2v) is 7.18. The lowest BCUT2D eigenvalue weighted by Crippen LogP contribution is -2.40. The van der Waals surface area contributed by atoms with Crippen molar-refractivity contribution in [3.63, 3.8) is 0 Å². The SMILES string of the molecule is Cl.Cl.N[C@H]1c2ccccc2C[C@@H]1NC(=O)c1ccc2nc(-c3ccccc3)cn2c1. The zero-order valence-corrected chi connectivity index (χ0v) is 17.7. The third-order valence-electron chi connectivity index (χ3n) is 5.39. The Hall–Kier alpha value is -2.86. The Bertz CT molecular complexity index is 1180. The van der Waals surface area contributed by atoms with Crippen LogP contribution < -0.4 is 11.1 Å². The highest BCUT2D eigenvalue weighted by Gasteiger charge is 2.30. The van der Waals surface area contributed by atoms with Gasteiger partial charge in [0.1, 0.15) is 5.65 Å². The minimum atomic E-state index is -0.179. The molecule has 0 bridgehead atoms. The summed E-state index contributed by atoms with van der Waals surface area (Å²) in [5.74, 6) is -0.120. The Morgan fingerprint density at radius 2 is 1.70 bits per heavy atom. The first kappa shape index (κ1) is 21.8. The molecule has 5 nitrogen and oxygen atoms in total. The number of carbonyl (C=O) groups excluding carboxylic acids is 1. The predicted molar refractivity (Wildman–Crippen MR) is 123 cm³/mol. The van der Waals surface area contributed by atoms with Crippen molar-refractivity contribution in [2.45, 2.75) is 18.5 Å². The molecule has 2 aromatic carbocycles. The number of nitrogens with one attached hydrogen (secondary N) is 1. The molecular weight excluding hydrogens is 419 g/mol. The topological polar surface area (TPSA) is 72.4 Å². The summed E-state index contributed by atoms with van der Waals surface area (Å²) in [6.07, 6.45) is 4.52. The lowest BCUT2D eigenvalue weighted by atomic mass is 10.1. The van der Waals surface area contributed by atoms with E-state index in [1.807, 2.05) is 71.4 Å². The van der Waals surface area contributed by atoms with E-state index in [0.717, 1.165) is 28.9 Å². The van der Waals surface area contributed by atoms with Crippen molar-refractivity contribution in [2.75, 3.05) is 0 Å². The quantitative estimate of drug-likeness (QED) is 0.501. The molecule has 1 aliphatic rings. The van der Waals surface area contributed by atoms with Gasteiger partial charge in [0.15, 0.2) is 0 Å². The largest absolute Gasteiger partial charge is 0.347 e. The molecule has 7 heteroatoms. The van der Waals surface area contributed by atoms with Crippen LogP contribution in [0.2, 0.25) is 0 Å². The lowest BCUT2D eigenvalue weighted by Gasteiger charge is -2.18. The number of pyridine rings is 1. The summed E-state index contributed by atoms with van der Waals surface area (Å²) < 4.78 is 1.89. The molecule has 2 aromatic heterocycles. The highest BCUT2D eigenvalue weighted by atomic mass is 35.5. The molecule has 154 valence electrons. The van der Waals surface area contributed by atoms with Gasteiger partial charge in [-0.15, -0.1) is 24.8 Å². The first-order valence-electron chi connectivity index (χ1n) is 9.37. The number of hydrogen-bond acceptors (Lipinski definition) is 3. The number of carbonyl (C=O) groups is 1. The van der Waals surface area contributed by atoms with Crippen LogP contribution >= 0.6 is 24.8 Å². The van der Waals surface area contributed by atoms with Crippen molar-refractivity contribution in [3.8, 4) is 11.3 Å². The minimum Gasteiger partial charge on any atom is -0.347 e. The second-order valence-electron chi connectivity index (χ2n) is 7.18. The number of rotatable bonds is 3. The van der Waals surface area contributed by atoms with Gasteiger partial charge in [-0.3, -0.25) is 4.79 Å².